The molecule has 0 bridgehead atoms. The molecular formula is C15H23ClF2N2O2. The highest BCUT2D eigenvalue weighted by molar-refractivity contribution is 5.85. The van der Waals surface area contributed by atoms with Gasteiger partial charge in [-0.25, -0.2) is 0 Å². The molecule has 3 N–H and O–H groups in total. The van der Waals surface area contributed by atoms with Crippen LogP contribution in [0.15, 0.2) is 12.1 Å². The van der Waals surface area contributed by atoms with E-state index in [1.165, 1.54) is 0 Å². The highest BCUT2D eigenvalue weighted by atomic mass is 35.5. The van der Waals surface area contributed by atoms with Crippen molar-refractivity contribution in [2.45, 2.75) is 33.1 Å². The number of rotatable bonds is 6. The van der Waals surface area contributed by atoms with Gasteiger partial charge in [-0.05, 0) is 30.5 Å². The van der Waals surface area contributed by atoms with Crippen LogP contribution in [0.25, 0.3) is 0 Å². The summed E-state index contributed by atoms with van der Waals surface area (Å²) in [6.45, 7) is 3.54. The third-order valence-electron chi connectivity index (χ3n) is 3.77. The second-order valence-electron chi connectivity index (χ2n) is 5.55. The summed E-state index contributed by atoms with van der Waals surface area (Å²) in [6.07, 6.45) is -0.303. The van der Waals surface area contributed by atoms with E-state index in [9.17, 15) is 13.9 Å². The molecule has 1 aliphatic rings. The molecule has 0 aromatic heterocycles. The van der Waals surface area contributed by atoms with E-state index in [0.29, 0.717) is 24.2 Å². The summed E-state index contributed by atoms with van der Waals surface area (Å²) >= 11 is 0. The highest BCUT2D eigenvalue weighted by Crippen LogP contribution is 2.26. The number of aryl methyl sites for hydroxylation is 2. The topological polar surface area (TPSA) is 53.5 Å². The van der Waals surface area contributed by atoms with Gasteiger partial charge in [0, 0.05) is 32.1 Å². The third-order valence-corrected chi connectivity index (χ3v) is 3.77. The summed E-state index contributed by atoms with van der Waals surface area (Å²) in [4.78, 5) is 0. The summed E-state index contributed by atoms with van der Waals surface area (Å²) in [5, 5.41) is 16.1. The molecule has 126 valence electrons. The van der Waals surface area contributed by atoms with Crippen LogP contribution in [0.5, 0.6) is 5.75 Å². The maximum Gasteiger partial charge on any atom is 0.387 e. The van der Waals surface area contributed by atoms with E-state index in [-0.39, 0.29) is 30.2 Å². The number of aliphatic hydroxyl groups is 1. The van der Waals surface area contributed by atoms with Gasteiger partial charge in [-0.2, -0.15) is 8.78 Å². The number of hydrogen-bond acceptors (Lipinski definition) is 4. The van der Waals surface area contributed by atoms with Crippen LogP contribution in [0.3, 0.4) is 0 Å². The van der Waals surface area contributed by atoms with Crippen LogP contribution in [0.4, 0.5) is 8.78 Å². The van der Waals surface area contributed by atoms with Gasteiger partial charge >= 0.3 is 6.61 Å². The zero-order valence-corrected chi connectivity index (χ0v) is 13.6. The van der Waals surface area contributed by atoms with Gasteiger partial charge in [0.25, 0.3) is 0 Å². The summed E-state index contributed by atoms with van der Waals surface area (Å²) in [7, 11) is 0. The Kier molecular flexibility index (Phi) is 7.48. The average molecular weight is 337 g/mol. The van der Waals surface area contributed by atoms with Crippen LogP contribution in [-0.4, -0.2) is 37.5 Å². The van der Waals surface area contributed by atoms with Crippen LogP contribution < -0.4 is 15.4 Å². The molecule has 7 heteroatoms. The summed E-state index contributed by atoms with van der Waals surface area (Å²) in [5.41, 5.74) is 2.43. The van der Waals surface area contributed by atoms with Gasteiger partial charge in [0.05, 0.1) is 6.10 Å². The van der Waals surface area contributed by atoms with Crippen molar-refractivity contribution in [3.8, 4) is 5.75 Å². The van der Waals surface area contributed by atoms with Crippen molar-refractivity contribution >= 4 is 12.4 Å². The average Bonchev–Trinajstić information content (AvgIpc) is 2.80. The maximum absolute atomic E-state index is 12.3. The SMILES string of the molecule is Cc1cc(CNCC2CNCC2O)cc(C)c1OC(F)F.Cl. The monoisotopic (exact) mass is 336 g/mol. The Bertz CT molecular complexity index is 466. The molecule has 22 heavy (non-hydrogen) atoms. The van der Waals surface area contributed by atoms with E-state index in [1.54, 1.807) is 13.8 Å². The lowest BCUT2D eigenvalue weighted by atomic mass is 10.0. The van der Waals surface area contributed by atoms with E-state index >= 15 is 0 Å². The van der Waals surface area contributed by atoms with Crippen LogP contribution in [-0.2, 0) is 6.54 Å². The minimum atomic E-state index is -2.80. The fraction of sp³-hybridized carbons (Fsp3) is 0.600. The van der Waals surface area contributed by atoms with Gasteiger partial charge < -0.3 is 20.5 Å². The van der Waals surface area contributed by atoms with E-state index in [0.717, 1.165) is 18.7 Å². The minimum Gasteiger partial charge on any atom is -0.434 e. The molecule has 0 aliphatic carbocycles. The Balaban J connectivity index is 0.00000242. The van der Waals surface area contributed by atoms with E-state index in [1.807, 2.05) is 12.1 Å². The van der Waals surface area contributed by atoms with Crippen molar-refractivity contribution in [2.24, 2.45) is 5.92 Å². The molecule has 1 aromatic rings. The first-order valence-corrected chi connectivity index (χ1v) is 7.12. The fourth-order valence-electron chi connectivity index (χ4n) is 2.75. The molecule has 1 fully saturated rings. The zero-order valence-electron chi connectivity index (χ0n) is 12.7. The van der Waals surface area contributed by atoms with E-state index in [4.69, 9.17) is 0 Å². The van der Waals surface area contributed by atoms with Crippen LogP contribution in [0.1, 0.15) is 16.7 Å². The Labute approximate surface area is 135 Å². The largest absolute Gasteiger partial charge is 0.434 e. The lowest BCUT2D eigenvalue weighted by Crippen LogP contribution is -2.30. The zero-order chi connectivity index (χ0) is 15.4. The number of halogens is 3. The molecule has 4 nitrogen and oxygen atoms in total. The second-order valence-corrected chi connectivity index (χ2v) is 5.55. The molecule has 2 atom stereocenters. The normalized spacial score (nSPS) is 21.0. The highest BCUT2D eigenvalue weighted by Gasteiger charge is 2.24. The number of benzene rings is 1. The molecule has 0 radical (unpaired) electrons. The van der Waals surface area contributed by atoms with Crippen molar-refractivity contribution in [2.75, 3.05) is 19.6 Å². The first-order chi connectivity index (χ1) is 9.97. The summed E-state index contributed by atoms with van der Waals surface area (Å²) in [5.74, 6) is 0.470. The lowest BCUT2D eigenvalue weighted by Gasteiger charge is -2.16. The number of ether oxygens (including phenoxy) is 1. The minimum absolute atomic E-state index is 0. The molecule has 0 saturated carbocycles. The first kappa shape index (κ1) is 19.1. The van der Waals surface area contributed by atoms with Gasteiger partial charge in [0.2, 0.25) is 0 Å². The summed E-state index contributed by atoms with van der Waals surface area (Å²) < 4.78 is 29.2. The number of alkyl halides is 2. The van der Waals surface area contributed by atoms with Crippen LogP contribution >= 0.6 is 12.4 Å². The Hall–Kier alpha value is -0.950. The predicted molar refractivity (Wildman–Crippen MR) is 83.9 cm³/mol. The van der Waals surface area contributed by atoms with Gasteiger partial charge in [-0.1, -0.05) is 12.1 Å². The molecule has 0 amide bonds. The van der Waals surface area contributed by atoms with E-state index in [2.05, 4.69) is 15.4 Å². The van der Waals surface area contributed by atoms with Crippen molar-refractivity contribution in [3.05, 3.63) is 28.8 Å². The fourth-order valence-corrected chi connectivity index (χ4v) is 2.75. The molecular weight excluding hydrogens is 314 g/mol. The quantitative estimate of drug-likeness (QED) is 0.744. The number of aliphatic hydroxyl groups excluding tert-OH is 1. The van der Waals surface area contributed by atoms with Gasteiger partial charge in [-0.15, -0.1) is 12.4 Å². The van der Waals surface area contributed by atoms with Crippen molar-refractivity contribution in [1.29, 1.82) is 0 Å². The van der Waals surface area contributed by atoms with Gasteiger partial charge in [-0.3, -0.25) is 0 Å². The Morgan fingerprint density at radius 1 is 1.32 bits per heavy atom. The lowest BCUT2D eigenvalue weighted by molar-refractivity contribution is -0.0507. The van der Waals surface area contributed by atoms with Gasteiger partial charge in [0.15, 0.2) is 0 Å². The summed E-state index contributed by atoms with van der Waals surface area (Å²) in [6, 6.07) is 3.70. The Morgan fingerprint density at radius 2 is 1.95 bits per heavy atom. The molecule has 2 unspecified atom stereocenters. The maximum atomic E-state index is 12.3. The number of nitrogens with one attached hydrogen (secondary N) is 2. The van der Waals surface area contributed by atoms with Crippen molar-refractivity contribution in [3.63, 3.8) is 0 Å². The molecule has 0 spiro atoms. The standard InChI is InChI=1S/C15H22F2N2O2.ClH/c1-9-3-11(4-10(2)14(9)21-15(16)17)5-18-6-12-7-19-8-13(12)20;/h3-4,12-13,15,18-20H,5-8H2,1-2H3;1H. The molecule has 1 aliphatic heterocycles. The van der Waals surface area contributed by atoms with Crippen molar-refractivity contribution < 1.29 is 18.6 Å². The number of β-amino-alcohol motifs (C(OH)–C–C–N with tert-alkyl or cyclic N) is 1. The smallest absolute Gasteiger partial charge is 0.387 e. The van der Waals surface area contributed by atoms with Crippen LogP contribution in [0, 0.1) is 19.8 Å². The third kappa shape index (κ3) is 5.05. The predicted octanol–water partition coefficient (Wildman–Crippen LogP) is 2.00. The first-order valence-electron chi connectivity index (χ1n) is 7.12. The molecule has 1 aromatic carbocycles. The molecule has 1 saturated heterocycles. The molecule has 2 rings (SSSR count). The Morgan fingerprint density at radius 3 is 2.45 bits per heavy atom. The van der Waals surface area contributed by atoms with E-state index < -0.39 is 6.61 Å². The molecule has 1 heterocycles. The van der Waals surface area contributed by atoms with Crippen molar-refractivity contribution in [1.82, 2.24) is 10.6 Å². The van der Waals surface area contributed by atoms with Crippen LogP contribution in [0.2, 0.25) is 0 Å². The van der Waals surface area contributed by atoms with Gasteiger partial charge in [0.1, 0.15) is 5.75 Å². The number of hydrogen-bond donors (Lipinski definition) is 3. The second kappa shape index (κ2) is 8.62.